The summed E-state index contributed by atoms with van der Waals surface area (Å²) in [6.07, 6.45) is 0. The first-order chi connectivity index (χ1) is 69.8. The molecule has 0 fully saturated rings. The van der Waals surface area contributed by atoms with Gasteiger partial charge in [-0.3, -0.25) is 0 Å². The van der Waals surface area contributed by atoms with Crippen LogP contribution in [0, 0.1) is 22.7 Å². The molecule has 0 N–H and O–H groups in total. The van der Waals surface area contributed by atoms with E-state index in [1.807, 2.05) is 54.6 Å². The van der Waals surface area contributed by atoms with Crippen LogP contribution in [0.2, 0.25) is 0 Å². The predicted octanol–water partition coefficient (Wildman–Crippen LogP) is 32.9. The zero-order valence-corrected chi connectivity index (χ0v) is 79.1. The topological polar surface area (TPSA) is 145 Å². The molecule has 2 aliphatic carbocycles. The fourth-order valence-electron chi connectivity index (χ4n) is 22.9. The second-order valence-electron chi connectivity index (χ2n) is 38.2. The highest BCUT2D eigenvalue weighted by Gasteiger charge is 2.38. The number of thiophene rings is 2. The Labute approximate surface area is 823 Å². The van der Waals surface area contributed by atoms with E-state index in [-0.39, 0.29) is 10.8 Å². The summed E-state index contributed by atoms with van der Waals surface area (Å²) in [5.41, 5.74) is 31.0. The van der Waals surface area contributed by atoms with Gasteiger partial charge in [0.1, 0.15) is 12.1 Å². The Morgan fingerprint density at radius 3 is 0.958 bits per heavy atom. The summed E-state index contributed by atoms with van der Waals surface area (Å²) in [4.78, 5) is 30.8. The lowest BCUT2D eigenvalue weighted by Crippen LogP contribution is -2.15. The van der Waals surface area contributed by atoms with Gasteiger partial charge in [0.15, 0.2) is 34.9 Å². The van der Waals surface area contributed by atoms with Gasteiger partial charge in [0, 0.05) is 139 Å². The highest BCUT2D eigenvalue weighted by molar-refractivity contribution is 7.26. The van der Waals surface area contributed by atoms with E-state index in [9.17, 15) is 10.5 Å². The van der Waals surface area contributed by atoms with Crippen LogP contribution in [0.25, 0.3) is 252 Å². The summed E-state index contributed by atoms with van der Waals surface area (Å²) in [5.74, 6) is 3.26. The Kier molecular flexibility index (Phi) is 18.3. The molecule has 29 rings (SSSR count). The number of aromatic nitrogens is 10. The van der Waals surface area contributed by atoms with Crippen molar-refractivity contribution in [2.75, 3.05) is 0 Å². The molecule has 19 aromatic carbocycles. The molecule has 0 spiro atoms. The minimum atomic E-state index is -0.146. The lowest BCUT2D eigenvalue weighted by molar-refractivity contribution is 0.660. The van der Waals surface area contributed by atoms with Crippen molar-refractivity contribution in [3.63, 3.8) is 0 Å². The van der Waals surface area contributed by atoms with Crippen molar-refractivity contribution >= 4 is 150 Å². The molecule has 27 aromatic rings. The van der Waals surface area contributed by atoms with Crippen molar-refractivity contribution in [2.45, 2.75) is 38.5 Å². The largest absolute Gasteiger partial charge is 0.309 e. The zero-order chi connectivity index (χ0) is 94.5. The average Bonchev–Trinajstić information content (AvgIpc) is 1.54. The lowest BCUT2D eigenvalue weighted by atomic mass is 9.82. The molecule has 8 aromatic heterocycles. The molecule has 142 heavy (non-hydrogen) atoms. The predicted molar refractivity (Wildman–Crippen MR) is 585 cm³/mol. The van der Waals surface area contributed by atoms with E-state index in [0.29, 0.717) is 46.1 Å². The molecule has 0 radical (unpaired) electrons. The first-order valence-corrected chi connectivity index (χ1v) is 49.5. The van der Waals surface area contributed by atoms with Gasteiger partial charge in [0.2, 0.25) is 0 Å². The van der Waals surface area contributed by atoms with Crippen LogP contribution in [-0.4, -0.2) is 48.2 Å². The Bertz CT molecular complexity index is 10200. The number of rotatable bonds is 11. The molecule has 8 heterocycles. The summed E-state index contributed by atoms with van der Waals surface area (Å²) < 4.78 is 14.3. The van der Waals surface area contributed by atoms with E-state index in [2.05, 4.69) is 416 Å². The lowest BCUT2D eigenvalue weighted by Gasteiger charge is -2.22. The molecule has 2 aliphatic rings. The van der Waals surface area contributed by atoms with Gasteiger partial charge >= 0.3 is 0 Å². The second-order valence-corrected chi connectivity index (χ2v) is 40.3. The molecular weight excluding hydrogens is 1770 g/mol. The third kappa shape index (κ3) is 12.6. The first-order valence-electron chi connectivity index (χ1n) is 47.9. The molecule has 0 saturated heterocycles. The second kappa shape index (κ2) is 31.7. The maximum atomic E-state index is 11.3. The summed E-state index contributed by atoms with van der Waals surface area (Å²) >= 11 is 3.57. The summed E-state index contributed by atoms with van der Waals surface area (Å²) in [5, 5.41) is 36.3. The van der Waals surface area contributed by atoms with E-state index >= 15 is 0 Å². The SMILES string of the molecule is CC1(C)c2ccccc2-c2ccc(-n3c4ccccc4c4c3ccc3c5ccccc5n(-c5ccc(-c6nc(-c7ccc(-c8ccccc8)cc7)nc(-c7ccc8sc9ccccc9c8c7)n6)cc5C#N)c34)cc21.CC1(C)c2ccccc2-c2ccc(-n3c4ccccc4c4c3ccc3c5ccccc5n(-c5ccc(-c6nc(-c7ccccc7)nc(-c7ccc8sc9ccccc9c8c7)n6)cc5C#N)c34)cc21. The van der Waals surface area contributed by atoms with E-state index in [0.717, 1.165) is 154 Å². The highest BCUT2D eigenvalue weighted by atomic mass is 32.1. The van der Waals surface area contributed by atoms with E-state index in [1.165, 1.54) is 84.9 Å². The van der Waals surface area contributed by atoms with Crippen LogP contribution in [0.15, 0.2) is 413 Å². The molecule has 0 unspecified atom stereocenters. The van der Waals surface area contributed by atoms with Crippen LogP contribution in [0.1, 0.15) is 61.1 Å². The molecule has 0 amide bonds. The van der Waals surface area contributed by atoms with Gasteiger partial charge in [-0.1, -0.05) is 295 Å². The van der Waals surface area contributed by atoms with Crippen molar-refractivity contribution in [2.24, 2.45) is 0 Å². The van der Waals surface area contributed by atoms with Crippen LogP contribution in [0.5, 0.6) is 0 Å². The molecule has 14 heteroatoms. The third-order valence-corrected chi connectivity index (χ3v) is 31.9. The molecule has 12 nitrogen and oxygen atoms in total. The third-order valence-electron chi connectivity index (χ3n) is 29.6. The summed E-state index contributed by atoms with van der Waals surface area (Å²) in [6, 6.07) is 151. The number of para-hydroxylation sites is 4. The van der Waals surface area contributed by atoms with Crippen LogP contribution < -0.4 is 0 Å². The smallest absolute Gasteiger partial charge is 0.164 e. The van der Waals surface area contributed by atoms with Gasteiger partial charge in [0.05, 0.1) is 66.6 Å². The Hall–Kier alpha value is -18.2. The van der Waals surface area contributed by atoms with Crippen LogP contribution in [0.4, 0.5) is 0 Å². The Morgan fingerprint density at radius 2 is 0.528 bits per heavy atom. The number of nitriles is 2. The fourth-order valence-corrected chi connectivity index (χ4v) is 25.1. The molecular formula is C128H80N12S2. The Morgan fingerprint density at radius 1 is 0.218 bits per heavy atom. The number of fused-ring (bicyclic) bond motifs is 26. The van der Waals surface area contributed by atoms with Gasteiger partial charge in [0.25, 0.3) is 0 Å². The minimum absolute atomic E-state index is 0.139. The van der Waals surface area contributed by atoms with Gasteiger partial charge in [-0.2, -0.15) is 10.5 Å². The van der Waals surface area contributed by atoms with Crippen molar-refractivity contribution in [1.82, 2.24) is 48.2 Å². The normalized spacial score (nSPS) is 12.9. The number of hydrogen-bond donors (Lipinski definition) is 0. The standard InChI is InChI=1S/C67H42N6S.C61H38N6S/c1-67(2)54-20-10-6-16-47(54)48-31-30-46(38-55(48)67)72-58-22-12-8-19-52(58)62-59(72)34-32-51-49-17-7-11-21-57(49)73(63(51)62)56-33-28-43(36-45(56)39-68)65-69-64(42-26-24-41(25-27-42)40-14-4-3-5-15-40)70-66(71-65)44-29-35-61-53(37-44)50-18-9-13-23-60(50)74-61;1-61(2)48-20-10-6-16-41(48)42-27-26-40(34-49(42)61)66-52-22-12-8-19-46(52)56-53(66)30-28-45-43-17-7-11-21-51(43)67(57(45)56)50-29-24-37(32-39(50)35-62)59-63-58(36-14-4-3-5-15-36)64-60(65-59)38-25-31-55-47(33-38)44-18-9-13-23-54(44)68-55/h3-38H,1-2H3;3-34H,1-2H3. The highest BCUT2D eigenvalue weighted by Crippen LogP contribution is 2.54. The van der Waals surface area contributed by atoms with Crippen molar-refractivity contribution < 1.29 is 0 Å². The van der Waals surface area contributed by atoms with Crippen molar-refractivity contribution in [3.8, 4) is 137 Å². The van der Waals surface area contributed by atoms with Gasteiger partial charge < -0.3 is 18.3 Å². The van der Waals surface area contributed by atoms with Crippen molar-refractivity contribution in [1.29, 1.82) is 10.5 Å². The number of benzene rings is 19. The quantitative estimate of drug-likeness (QED) is 0.124. The van der Waals surface area contributed by atoms with Gasteiger partial charge in [-0.05, 0) is 201 Å². The minimum Gasteiger partial charge on any atom is -0.309 e. The summed E-state index contributed by atoms with van der Waals surface area (Å²) in [7, 11) is 0. The zero-order valence-electron chi connectivity index (χ0n) is 77.4. The maximum Gasteiger partial charge on any atom is 0.164 e. The Balaban J connectivity index is 0.000000139. The summed E-state index contributed by atoms with van der Waals surface area (Å²) in [6.45, 7) is 9.34. The molecule has 0 atom stereocenters. The van der Waals surface area contributed by atoms with E-state index < -0.39 is 0 Å². The molecule has 0 saturated carbocycles. The monoisotopic (exact) mass is 1850 g/mol. The first kappa shape index (κ1) is 82.1. The maximum absolute atomic E-state index is 11.3. The van der Waals surface area contributed by atoms with Gasteiger partial charge in [-0.15, -0.1) is 22.7 Å². The van der Waals surface area contributed by atoms with Crippen LogP contribution in [0.3, 0.4) is 0 Å². The average molecular weight is 1850 g/mol. The molecule has 0 aliphatic heterocycles. The molecule has 0 bridgehead atoms. The molecule has 664 valence electrons. The number of hydrogen-bond acceptors (Lipinski definition) is 10. The number of nitrogens with zero attached hydrogens (tertiary/aromatic N) is 12. The van der Waals surface area contributed by atoms with Gasteiger partial charge in [-0.25, -0.2) is 29.9 Å². The van der Waals surface area contributed by atoms with Crippen molar-refractivity contribution in [3.05, 3.63) is 446 Å². The van der Waals surface area contributed by atoms with E-state index in [4.69, 9.17) is 29.9 Å². The fraction of sp³-hybridized carbons (Fsp3) is 0.0469. The van der Waals surface area contributed by atoms with E-state index in [1.54, 1.807) is 22.7 Å². The van der Waals surface area contributed by atoms with Crippen LogP contribution >= 0.6 is 22.7 Å². The van der Waals surface area contributed by atoms with Crippen LogP contribution in [-0.2, 0) is 10.8 Å².